The number of allylic oxidation sites excluding steroid dienone is 1. The Bertz CT molecular complexity index is 528. The molecule has 4 nitrogen and oxygen atoms in total. The van der Waals surface area contributed by atoms with Gasteiger partial charge in [-0.1, -0.05) is 30.3 Å². The highest BCUT2D eigenvalue weighted by atomic mass is 16.5. The second-order valence-corrected chi connectivity index (χ2v) is 4.05. The Morgan fingerprint density at radius 2 is 2.11 bits per heavy atom. The normalized spacial score (nSPS) is 10.5. The summed E-state index contributed by atoms with van der Waals surface area (Å²) in [6, 6.07) is 8.05. The van der Waals surface area contributed by atoms with Crippen LogP contribution in [-0.4, -0.2) is 16.7 Å². The zero-order valence-corrected chi connectivity index (χ0v) is 10.5. The van der Waals surface area contributed by atoms with Gasteiger partial charge in [-0.05, 0) is 5.56 Å². The van der Waals surface area contributed by atoms with Crippen LogP contribution in [0.1, 0.15) is 5.56 Å². The van der Waals surface area contributed by atoms with E-state index < -0.39 is 0 Å². The van der Waals surface area contributed by atoms with Gasteiger partial charge in [0.2, 0.25) is 0 Å². The van der Waals surface area contributed by atoms with Gasteiger partial charge in [0.25, 0.3) is 0 Å². The molecular formula is C14H17N3O. The standard InChI is InChI=1S/C14H17N3O/c1-3-8-17-10-16-13(14(17)15)12-6-4-11(5-7-12)9-18-2/h3-7,10H,1,8-9,15H2,2H3. The fourth-order valence-electron chi connectivity index (χ4n) is 1.82. The highest BCUT2D eigenvalue weighted by Gasteiger charge is 2.08. The minimum Gasteiger partial charge on any atom is -0.383 e. The van der Waals surface area contributed by atoms with Gasteiger partial charge in [0.05, 0.1) is 12.9 Å². The number of rotatable bonds is 5. The molecule has 0 amide bonds. The SMILES string of the molecule is C=CCn1cnc(-c2ccc(COC)cc2)c1N. The van der Waals surface area contributed by atoms with E-state index in [2.05, 4.69) is 11.6 Å². The zero-order chi connectivity index (χ0) is 13.0. The molecular weight excluding hydrogens is 226 g/mol. The van der Waals surface area contributed by atoms with Crippen molar-refractivity contribution >= 4 is 5.82 Å². The summed E-state index contributed by atoms with van der Waals surface area (Å²) in [5.74, 6) is 0.661. The Balaban J connectivity index is 2.28. The van der Waals surface area contributed by atoms with Gasteiger partial charge in [-0.15, -0.1) is 6.58 Å². The van der Waals surface area contributed by atoms with Crippen LogP contribution in [0.4, 0.5) is 5.82 Å². The molecule has 4 heteroatoms. The van der Waals surface area contributed by atoms with Crippen LogP contribution in [0, 0.1) is 0 Å². The Hall–Kier alpha value is -2.07. The first-order valence-corrected chi connectivity index (χ1v) is 5.76. The van der Waals surface area contributed by atoms with Crippen molar-refractivity contribution in [2.45, 2.75) is 13.2 Å². The van der Waals surface area contributed by atoms with Crippen molar-refractivity contribution in [1.82, 2.24) is 9.55 Å². The highest BCUT2D eigenvalue weighted by molar-refractivity contribution is 5.70. The Morgan fingerprint density at radius 1 is 1.39 bits per heavy atom. The number of aromatic nitrogens is 2. The molecule has 1 heterocycles. The molecule has 0 aliphatic carbocycles. The summed E-state index contributed by atoms with van der Waals surface area (Å²) in [4.78, 5) is 4.34. The molecule has 2 N–H and O–H groups in total. The average molecular weight is 243 g/mol. The first-order chi connectivity index (χ1) is 8.76. The molecule has 0 atom stereocenters. The molecule has 18 heavy (non-hydrogen) atoms. The van der Waals surface area contributed by atoms with Gasteiger partial charge in [-0.2, -0.15) is 0 Å². The third-order valence-electron chi connectivity index (χ3n) is 2.74. The van der Waals surface area contributed by atoms with E-state index in [1.807, 2.05) is 28.8 Å². The number of methoxy groups -OCH3 is 1. The van der Waals surface area contributed by atoms with Crippen molar-refractivity contribution in [3.05, 3.63) is 48.8 Å². The van der Waals surface area contributed by atoms with Gasteiger partial charge >= 0.3 is 0 Å². The van der Waals surface area contributed by atoms with E-state index in [-0.39, 0.29) is 0 Å². The number of benzene rings is 1. The van der Waals surface area contributed by atoms with Crippen LogP contribution in [0.15, 0.2) is 43.2 Å². The molecule has 94 valence electrons. The molecule has 0 saturated carbocycles. The second-order valence-electron chi connectivity index (χ2n) is 4.05. The van der Waals surface area contributed by atoms with Crippen molar-refractivity contribution in [2.24, 2.45) is 0 Å². The molecule has 2 aromatic rings. The number of hydrogen-bond donors (Lipinski definition) is 1. The second kappa shape index (κ2) is 5.51. The maximum absolute atomic E-state index is 6.05. The molecule has 0 radical (unpaired) electrons. The van der Waals surface area contributed by atoms with E-state index in [1.165, 1.54) is 0 Å². The van der Waals surface area contributed by atoms with Crippen LogP contribution in [0.3, 0.4) is 0 Å². The quantitative estimate of drug-likeness (QED) is 0.821. The molecule has 0 fully saturated rings. The Labute approximate surface area is 107 Å². The molecule has 0 saturated heterocycles. The van der Waals surface area contributed by atoms with Crippen molar-refractivity contribution in [3.8, 4) is 11.3 Å². The summed E-state index contributed by atoms with van der Waals surface area (Å²) in [7, 11) is 1.68. The van der Waals surface area contributed by atoms with Gasteiger partial charge in [-0.3, -0.25) is 0 Å². The predicted molar refractivity (Wildman–Crippen MR) is 73.0 cm³/mol. The lowest BCUT2D eigenvalue weighted by atomic mass is 10.1. The lowest BCUT2D eigenvalue weighted by molar-refractivity contribution is 0.185. The highest BCUT2D eigenvalue weighted by Crippen LogP contribution is 2.24. The monoisotopic (exact) mass is 243 g/mol. The van der Waals surface area contributed by atoms with Crippen molar-refractivity contribution < 1.29 is 4.74 Å². The summed E-state index contributed by atoms with van der Waals surface area (Å²) in [5.41, 5.74) is 8.99. The summed E-state index contributed by atoms with van der Waals surface area (Å²) < 4.78 is 6.94. The van der Waals surface area contributed by atoms with Gasteiger partial charge in [0, 0.05) is 19.2 Å². The third kappa shape index (κ3) is 2.43. The predicted octanol–water partition coefficient (Wildman–Crippen LogP) is 2.46. The van der Waals surface area contributed by atoms with E-state index in [9.17, 15) is 0 Å². The smallest absolute Gasteiger partial charge is 0.131 e. The molecule has 2 rings (SSSR count). The number of nitrogens with zero attached hydrogens (tertiary/aromatic N) is 2. The van der Waals surface area contributed by atoms with Gasteiger partial charge < -0.3 is 15.0 Å². The summed E-state index contributed by atoms with van der Waals surface area (Å²) in [6.45, 7) is 4.97. The fraction of sp³-hybridized carbons (Fsp3) is 0.214. The van der Waals surface area contributed by atoms with Crippen LogP contribution < -0.4 is 5.73 Å². The van der Waals surface area contributed by atoms with Gasteiger partial charge in [0.1, 0.15) is 11.5 Å². The Kier molecular flexibility index (Phi) is 3.79. The first-order valence-electron chi connectivity index (χ1n) is 5.76. The van der Waals surface area contributed by atoms with E-state index in [0.717, 1.165) is 16.8 Å². The number of imidazole rings is 1. The molecule has 1 aromatic carbocycles. The zero-order valence-electron chi connectivity index (χ0n) is 10.5. The topological polar surface area (TPSA) is 53.1 Å². The summed E-state index contributed by atoms with van der Waals surface area (Å²) >= 11 is 0. The summed E-state index contributed by atoms with van der Waals surface area (Å²) in [5, 5.41) is 0. The minimum atomic E-state index is 0.612. The molecule has 0 unspecified atom stereocenters. The number of ether oxygens (including phenoxy) is 1. The van der Waals surface area contributed by atoms with Crippen LogP contribution in [0.25, 0.3) is 11.3 Å². The van der Waals surface area contributed by atoms with Crippen LogP contribution in [0.2, 0.25) is 0 Å². The van der Waals surface area contributed by atoms with E-state index >= 15 is 0 Å². The maximum Gasteiger partial charge on any atom is 0.131 e. The fourth-order valence-corrected chi connectivity index (χ4v) is 1.82. The molecule has 0 bridgehead atoms. The molecule has 0 spiro atoms. The van der Waals surface area contributed by atoms with Crippen LogP contribution >= 0.6 is 0 Å². The first kappa shape index (κ1) is 12.4. The molecule has 1 aromatic heterocycles. The lowest BCUT2D eigenvalue weighted by Gasteiger charge is -2.04. The van der Waals surface area contributed by atoms with Gasteiger partial charge in [0.15, 0.2) is 0 Å². The van der Waals surface area contributed by atoms with E-state index in [0.29, 0.717) is 19.0 Å². The van der Waals surface area contributed by atoms with Crippen molar-refractivity contribution in [1.29, 1.82) is 0 Å². The van der Waals surface area contributed by atoms with E-state index in [4.69, 9.17) is 10.5 Å². The number of anilines is 1. The molecule has 0 aliphatic rings. The number of hydrogen-bond acceptors (Lipinski definition) is 3. The minimum absolute atomic E-state index is 0.612. The van der Waals surface area contributed by atoms with E-state index in [1.54, 1.807) is 19.5 Å². The maximum atomic E-state index is 6.05. The largest absolute Gasteiger partial charge is 0.383 e. The van der Waals surface area contributed by atoms with Crippen molar-refractivity contribution in [2.75, 3.05) is 12.8 Å². The lowest BCUT2D eigenvalue weighted by Crippen LogP contribution is -2.00. The van der Waals surface area contributed by atoms with Crippen LogP contribution in [0.5, 0.6) is 0 Å². The van der Waals surface area contributed by atoms with Crippen molar-refractivity contribution in [3.63, 3.8) is 0 Å². The molecule has 0 aliphatic heterocycles. The number of nitrogen functional groups attached to an aromatic ring is 1. The average Bonchev–Trinajstić information content (AvgIpc) is 2.73. The Morgan fingerprint density at radius 3 is 2.72 bits per heavy atom. The summed E-state index contributed by atoms with van der Waals surface area (Å²) in [6.07, 6.45) is 3.53. The van der Waals surface area contributed by atoms with Gasteiger partial charge in [-0.25, -0.2) is 4.98 Å². The third-order valence-corrected chi connectivity index (χ3v) is 2.74. The number of nitrogens with two attached hydrogens (primary N) is 1. The van der Waals surface area contributed by atoms with Crippen LogP contribution in [-0.2, 0) is 17.9 Å².